The second kappa shape index (κ2) is 13.3. The number of anilines is 1. The Morgan fingerprint density at radius 3 is 2.28 bits per heavy atom. The highest BCUT2D eigenvalue weighted by atomic mass is 19.4. The molecule has 0 unspecified atom stereocenters. The maximum atomic E-state index is 13.5. The number of ketones is 1. The molecule has 3 heterocycles. The quantitative estimate of drug-likeness (QED) is 0.239. The Balaban J connectivity index is 1.58. The molecule has 0 bridgehead atoms. The molecule has 1 atom stereocenters. The van der Waals surface area contributed by atoms with Crippen LogP contribution in [0.3, 0.4) is 0 Å². The third-order valence-electron chi connectivity index (χ3n) is 6.97. The number of hydrogen-bond acceptors (Lipinski definition) is 10. The molecule has 0 fully saturated rings. The second-order valence-corrected chi connectivity index (χ2v) is 11.0. The Morgan fingerprint density at radius 2 is 1.70 bits per heavy atom. The molecule has 1 aromatic carbocycles. The van der Waals surface area contributed by atoms with Crippen molar-refractivity contribution in [1.29, 1.82) is 0 Å². The fraction of sp³-hybridized carbons (Fsp3) is 0.333. The first-order valence-electron chi connectivity index (χ1n) is 13.8. The summed E-state index contributed by atoms with van der Waals surface area (Å²) >= 11 is 0. The second-order valence-electron chi connectivity index (χ2n) is 11.0. The van der Waals surface area contributed by atoms with Crippen LogP contribution in [0.25, 0.3) is 11.4 Å². The number of rotatable bonds is 10. The number of methoxy groups -OCH3 is 1. The number of hydrogen-bond donors (Lipinski definition) is 2. The van der Waals surface area contributed by atoms with Crippen LogP contribution in [0.15, 0.2) is 64.1 Å². The van der Waals surface area contributed by atoms with Crippen molar-refractivity contribution in [3.05, 3.63) is 88.3 Å². The number of carbonyl (C=O) groups excluding carboxylic acids is 3. The average Bonchev–Trinajstić information content (AvgIpc) is 3.53. The zero-order valence-corrected chi connectivity index (χ0v) is 25.4. The molecular weight excluding hydrogens is 611 g/mol. The van der Waals surface area contributed by atoms with Gasteiger partial charge in [-0.3, -0.25) is 29.3 Å². The minimum absolute atomic E-state index is 0.0861. The van der Waals surface area contributed by atoms with E-state index in [-0.39, 0.29) is 23.1 Å². The minimum Gasteiger partial charge on any atom is -0.453 e. The van der Waals surface area contributed by atoms with Crippen LogP contribution in [-0.4, -0.2) is 55.7 Å². The Kier molecular flexibility index (Phi) is 9.68. The van der Waals surface area contributed by atoms with Crippen molar-refractivity contribution in [1.82, 2.24) is 30.0 Å². The van der Waals surface area contributed by atoms with Gasteiger partial charge in [0, 0.05) is 11.8 Å². The van der Waals surface area contributed by atoms with Gasteiger partial charge in [0.2, 0.25) is 17.6 Å². The summed E-state index contributed by atoms with van der Waals surface area (Å²) in [6.07, 6.45) is -3.64. The van der Waals surface area contributed by atoms with Crippen molar-refractivity contribution in [3.8, 4) is 11.4 Å². The SMILES string of the molecule is COC(=O)Nc1cnc(-c2ccccc2)n(CC(=O)N[C@H](C(=O)c2nnc(C(C)(C)c3ccc(C(F)(F)F)cn3)o2)C(C)C)c1=O. The number of pyridine rings is 1. The Hall–Kier alpha value is -5.41. The first kappa shape index (κ1) is 33.5. The van der Waals surface area contributed by atoms with Crippen molar-refractivity contribution in [3.63, 3.8) is 0 Å². The number of ether oxygens (including phenoxy) is 1. The highest BCUT2D eigenvalue weighted by molar-refractivity contribution is 5.98. The molecule has 0 spiro atoms. The van der Waals surface area contributed by atoms with Crippen molar-refractivity contribution in [2.75, 3.05) is 12.4 Å². The molecule has 3 aromatic heterocycles. The van der Waals surface area contributed by atoms with Crippen molar-refractivity contribution < 1.29 is 36.7 Å². The summed E-state index contributed by atoms with van der Waals surface area (Å²) in [4.78, 5) is 60.0. The summed E-state index contributed by atoms with van der Waals surface area (Å²) < 4.78 is 50.2. The summed E-state index contributed by atoms with van der Waals surface area (Å²) in [5, 5.41) is 12.6. The lowest BCUT2D eigenvalue weighted by Gasteiger charge is -2.21. The normalized spacial score (nSPS) is 12.5. The average molecular weight is 642 g/mol. The van der Waals surface area contributed by atoms with Gasteiger partial charge in [0.25, 0.3) is 11.4 Å². The van der Waals surface area contributed by atoms with Crippen molar-refractivity contribution >= 4 is 23.5 Å². The summed E-state index contributed by atoms with van der Waals surface area (Å²) in [5.74, 6) is -2.35. The number of amides is 2. The smallest absolute Gasteiger partial charge is 0.417 e. The largest absolute Gasteiger partial charge is 0.453 e. The van der Waals surface area contributed by atoms with Crippen molar-refractivity contribution in [2.45, 2.75) is 51.9 Å². The molecule has 0 saturated carbocycles. The van der Waals surface area contributed by atoms with E-state index in [1.807, 2.05) is 0 Å². The van der Waals surface area contributed by atoms with E-state index in [9.17, 15) is 32.3 Å². The lowest BCUT2D eigenvalue weighted by molar-refractivity contribution is -0.137. The molecule has 0 radical (unpaired) electrons. The summed E-state index contributed by atoms with van der Waals surface area (Å²) in [7, 11) is 1.12. The van der Waals surface area contributed by atoms with Gasteiger partial charge in [-0.25, -0.2) is 9.78 Å². The van der Waals surface area contributed by atoms with E-state index >= 15 is 0 Å². The van der Waals surface area contributed by atoms with E-state index in [1.165, 1.54) is 6.07 Å². The number of Topliss-reactive ketones (excluding diaryl/α,β-unsaturated/α-hetero) is 1. The molecule has 242 valence electrons. The van der Waals surface area contributed by atoms with E-state index < -0.39 is 64.9 Å². The highest BCUT2D eigenvalue weighted by Crippen LogP contribution is 2.33. The lowest BCUT2D eigenvalue weighted by Crippen LogP contribution is -2.46. The number of halogens is 3. The van der Waals surface area contributed by atoms with Crippen LogP contribution in [0.1, 0.15) is 55.5 Å². The van der Waals surface area contributed by atoms with E-state index in [4.69, 9.17) is 4.42 Å². The standard InChI is InChI=1S/C30H30F3N7O6/c1-16(2)22(23(42)25-38-39-27(46-25)29(3,4)20-12-11-18(13-34-20)30(31,32)33)37-21(41)15-40-24(17-9-7-6-8-10-17)35-14-19(26(40)43)36-28(44)45-5/h6-14,16,22H,15H2,1-5H3,(H,36,44)(H,37,41)/t22-/m0/s1. The maximum absolute atomic E-state index is 13.5. The van der Waals surface area contributed by atoms with Gasteiger partial charge >= 0.3 is 12.3 Å². The Morgan fingerprint density at radius 1 is 1.00 bits per heavy atom. The van der Waals surface area contributed by atoms with Gasteiger partial charge in [-0.2, -0.15) is 13.2 Å². The van der Waals surface area contributed by atoms with E-state index in [2.05, 4.69) is 35.5 Å². The predicted molar refractivity (Wildman–Crippen MR) is 157 cm³/mol. The minimum atomic E-state index is -4.56. The molecule has 2 amide bonds. The van der Waals surface area contributed by atoms with Crippen LogP contribution in [0.4, 0.5) is 23.7 Å². The maximum Gasteiger partial charge on any atom is 0.417 e. The van der Waals surface area contributed by atoms with Gasteiger partial charge in [0.05, 0.1) is 36.0 Å². The number of carbonyl (C=O) groups is 3. The van der Waals surface area contributed by atoms with E-state index in [0.29, 0.717) is 11.8 Å². The Labute approximate surface area is 260 Å². The van der Waals surface area contributed by atoms with Crippen LogP contribution >= 0.6 is 0 Å². The molecular formula is C30H30F3N7O6. The number of aromatic nitrogens is 5. The number of nitrogens with zero attached hydrogens (tertiary/aromatic N) is 5. The van der Waals surface area contributed by atoms with Gasteiger partial charge in [-0.15, -0.1) is 10.2 Å². The summed E-state index contributed by atoms with van der Waals surface area (Å²) in [6, 6.07) is 9.44. The van der Waals surface area contributed by atoms with Gasteiger partial charge < -0.3 is 14.5 Å². The summed E-state index contributed by atoms with van der Waals surface area (Å²) in [5.41, 5.74) is -2.38. The highest BCUT2D eigenvalue weighted by Gasteiger charge is 2.36. The lowest BCUT2D eigenvalue weighted by atomic mass is 9.88. The van der Waals surface area contributed by atoms with E-state index in [0.717, 1.165) is 23.9 Å². The fourth-order valence-electron chi connectivity index (χ4n) is 4.35. The predicted octanol–water partition coefficient (Wildman–Crippen LogP) is 4.24. The molecule has 46 heavy (non-hydrogen) atoms. The number of alkyl halides is 3. The van der Waals surface area contributed by atoms with Crippen LogP contribution < -0.4 is 16.2 Å². The molecule has 2 N–H and O–H groups in total. The first-order chi connectivity index (χ1) is 21.6. The topological polar surface area (TPSA) is 171 Å². The van der Waals surface area contributed by atoms with Gasteiger partial charge in [0.15, 0.2) is 0 Å². The third-order valence-corrected chi connectivity index (χ3v) is 6.97. The van der Waals surface area contributed by atoms with Crippen LogP contribution in [-0.2, 0) is 27.7 Å². The van der Waals surface area contributed by atoms with Gasteiger partial charge in [-0.05, 0) is 31.9 Å². The monoisotopic (exact) mass is 641 g/mol. The van der Waals surface area contributed by atoms with E-state index in [1.54, 1.807) is 58.0 Å². The zero-order valence-electron chi connectivity index (χ0n) is 25.4. The fourth-order valence-corrected chi connectivity index (χ4v) is 4.35. The molecule has 0 saturated heterocycles. The molecule has 13 nitrogen and oxygen atoms in total. The Bertz CT molecular complexity index is 1790. The molecule has 0 aliphatic rings. The van der Waals surface area contributed by atoms with Crippen LogP contribution in [0.2, 0.25) is 0 Å². The van der Waals surface area contributed by atoms with Crippen LogP contribution in [0, 0.1) is 5.92 Å². The molecule has 0 aliphatic carbocycles. The molecule has 16 heteroatoms. The van der Waals surface area contributed by atoms with Crippen molar-refractivity contribution in [2.24, 2.45) is 5.92 Å². The zero-order chi connectivity index (χ0) is 33.8. The first-order valence-corrected chi connectivity index (χ1v) is 13.8. The number of benzene rings is 1. The third kappa shape index (κ3) is 7.27. The van der Waals surface area contributed by atoms with Crippen LogP contribution in [0.5, 0.6) is 0 Å². The molecule has 4 rings (SSSR count). The summed E-state index contributed by atoms with van der Waals surface area (Å²) in [6.45, 7) is 5.93. The number of nitrogens with one attached hydrogen (secondary N) is 2. The van der Waals surface area contributed by atoms with Gasteiger partial charge in [-0.1, -0.05) is 44.2 Å². The van der Waals surface area contributed by atoms with Gasteiger partial charge in [0.1, 0.15) is 18.1 Å². The molecule has 0 aliphatic heterocycles. The molecule has 4 aromatic rings.